The highest BCUT2D eigenvalue weighted by molar-refractivity contribution is 7.99. The normalized spacial score (nSPS) is 16.1. The maximum atomic E-state index is 13.5. The Morgan fingerprint density at radius 2 is 1.49 bits per heavy atom. The van der Waals surface area contributed by atoms with Crippen molar-refractivity contribution in [1.82, 2.24) is 9.80 Å². The van der Waals surface area contributed by atoms with Gasteiger partial charge in [0.25, 0.3) is 0 Å². The summed E-state index contributed by atoms with van der Waals surface area (Å²) in [6.45, 7) is 7.97. The van der Waals surface area contributed by atoms with Crippen LogP contribution in [0.1, 0.15) is 81.4 Å². The second-order valence-corrected chi connectivity index (χ2v) is 12.1. The van der Waals surface area contributed by atoms with E-state index in [0.29, 0.717) is 18.6 Å². The van der Waals surface area contributed by atoms with Crippen molar-refractivity contribution in [2.45, 2.75) is 80.7 Å². The highest BCUT2D eigenvalue weighted by atomic mass is 35.5. The van der Waals surface area contributed by atoms with Crippen LogP contribution in [0.3, 0.4) is 0 Å². The Hall–Kier alpha value is -1.71. The van der Waals surface area contributed by atoms with Crippen molar-refractivity contribution < 1.29 is 22.7 Å². The zero-order valence-corrected chi connectivity index (χ0v) is 27.5. The van der Waals surface area contributed by atoms with Gasteiger partial charge in [0.15, 0.2) is 0 Å². The molecule has 4 nitrogen and oxygen atoms in total. The maximum absolute atomic E-state index is 13.5. The monoisotopic (exact) mass is 660 g/mol. The quantitative estimate of drug-likeness (QED) is 0.127. The minimum absolute atomic E-state index is 0. The highest BCUT2D eigenvalue weighted by Gasteiger charge is 2.32. The first-order valence-electron chi connectivity index (χ1n) is 15.1. The van der Waals surface area contributed by atoms with Crippen molar-refractivity contribution in [3.8, 4) is 0 Å². The number of unbranched alkanes of at least 4 members (excludes halogenated alkanes) is 6. The van der Waals surface area contributed by atoms with E-state index >= 15 is 0 Å². The van der Waals surface area contributed by atoms with Gasteiger partial charge in [-0.1, -0.05) is 81.5 Å². The van der Waals surface area contributed by atoms with Gasteiger partial charge in [0.2, 0.25) is 0 Å². The molecular formula is C33H45Cl2F3N2O2S. The predicted octanol–water partition coefficient (Wildman–Crippen LogP) is 9.14. The predicted molar refractivity (Wildman–Crippen MR) is 175 cm³/mol. The zero-order chi connectivity index (χ0) is 29.1. The number of rotatable bonds is 14. The molecule has 0 radical (unpaired) electrons. The first-order valence-corrected chi connectivity index (χ1v) is 16.0. The van der Waals surface area contributed by atoms with E-state index in [4.69, 9.17) is 4.74 Å². The van der Waals surface area contributed by atoms with E-state index in [1.54, 1.807) is 6.07 Å². The molecule has 2 aliphatic rings. The number of alkyl halides is 3. The smallest absolute Gasteiger partial charge is 0.416 e. The van der Waals surface area contributed by atoms with Gasteiger partial charge in [-0.25, -0.2) is 0 Å². The van der Waals surface area contributed by atoms with Crippen LogP contribution in [0.2, 0.25) is 0 Å². The number of benzene rings is 2. The van der Waals surface area contributed by atoms with Crippen LogP contribution in [0.5, 0.6) is 0 Å². The van der Waals surface area contributed by atoms with Gasteiger partial charge >= 0.3 is 12.1 Å². The Bertz CT molecular complexity index is 1170. The first kappa shape index (κ1) is 37.5. The van der Waals surface area contributed by atoms with E-state index in [9.17, 15) is 18.0 Å². The Morgan fingerprint density at radius 1 is 0.860 bits per heavy atom. The second-order valence-electron chi connectivity index (χ2n) is 11.0. The molecule has 2 aliphatic heterocycles. The molecule has 0 bridgehead atoms. The average molecular weight is 662 g/mol. The molecule has 0 N–H and O–H groups in total. The molecule has 10 heteroatoms. The lowest BCUT2D eigenvalue weighted by atomic mass is 9.94. The van der Waals surface area contributed by atoms with Crippen molar-refractivity contribution in [1.29, 1.82) is 0 Å². The molecule has 0 unspecified atom stereocenters. The van der Waals surface area contributed by atoms with Crippen LogP contribution >= 0.6 is 36.6 Å². The van der Waals surface area contributed by atoms with Crippen molar-refractivity contribution >= 4 is 48.1 Å². The summed E-state index contributed by atoms with van der Waals surface area (Å²) in [5.74, 6) is -0.0863. The van der Waals surface area contributed by atoms with E-state index in [0.717, 1.165) is 79.5 Å². The van der Waals surface area contributed by atoms with Gasteiger partial charge in [0.05, 0.1) is 5.56 Å². The van der Waals surface area contributed by atoms with Gasteiger partial charge in [-0.15, -0.1) is 24.8 Å². The molecule has 0 saturated carbocycles. The third-order valence-electron chi connectivity index (χ3n) is 7.91. The summed E-state index contributed by atoms with van der Waals surface area (Å²) in [5.41, 5.74) is 1.93. The topological polar surface area (TPSA) is 32.8 Å². The molecule has 1 saturated heterocycles. The molecule has 2 heterocycles. The van der Waals surface area contributed by atoms with Gasteiger partial charge < -0.3 is 9.64 Å². The Morgan fingerprint density at radius 3 is 2.19 bits per heavy atom. The Kier molecular flexibility index (Phi) is 16.5. The maximum Gasteiger partial charge on any atom is 0.416 e. The number of esters is 1. The van der Waals surface area contributed by atoms with E-state index in [1.807, 2.05) is 24.3 Å². The fourth-order valence-corrected chi connectivity index (χ4v) is 6.57. The van der Waals surface area contributed by atoms with E-state index < -0.39 is 11.7 Å². The summed E-state index contributed by atoms with van der Waals surface area (Å²) in [4.78, 5) is 18.7. The number of hydrogen-bond donors (Lipinski definition) is 0. The van der Waals surface area contributed by atoms with Crippen molar-refractivity contribution in [3.63, 3.8) is 0 Å². The number of hydrogen-bond acceptors (Lipinski definition) is 5. The lowest BCUT2D eigenvalue weighted by Gasteiger charge is -2.34. The van der Waals surface area contributed by atoms with Crippen molar-refractivity contribution in [3.05, 3.63) is 65.2 Å². The van der Waals surface area contributed by atoms with Crippen molar-refractivity contribution in [2.75, 3.05) is 45.9 Å². The summed E-state index contributed by atoms with van der Waals surface area (Å²) in [6, 6.07) is 12.0. The standard InChI is InChI=1S/C33H43F3N2O2S.2ClH/c1-2-3-4-5-6-7-8-15-32(39)40-24-23-38-21-19-37(20-22-38)18-11-13-27-28-12-9-10-14-30(28)41-31-17-16-26(25-29(27)31)33(34,35)36;;/h9-10,12-14,16-17,25H,2-8,11,15,18-24H2,1H3;2*1H/b27-13-;;. The van der Waals surface area contributed by atoms with E-state index in [2.05, 4.69) is 22.8 Å². The van der Waals surface area contributed by atoms with Crippen LogP contribution in [0, 0.1) is 0 Å². The summed E-state index contributed by atoms with van der Waals surface area (Å²) in [6.07, 6.45) is 7.34. The molecular weight excluding hydrogens is 616 g/mol. The van der Waals surface area contributed by atoms with Crippen LogP contribution < -0.4 is 0 Å². The van der Waals surface area contributed by atoms with Crippen LogP contribution in [0.4, 0.5) is 13.2 Å². The number of halogens is 5. The number of ether oxygens (including phenoxy) is 1. The number of fused-ring (bicyclic) bond motifs is 2. The molecule has 0 spiro atoms. The van der Waals surface area contributed by atoms with Gasteiger partial charge in [0.1, 0.15) is 6.61 Å². The second kappa shape index (κ2) is 18.9. The number of nitrogens with zero attached hydrogens (tertiary/aromatic N) is 2. The Balaban J connectivity index is 0.00000323. The highest BCUT2D eigenvalue weighted by Crippen LogP contribution is 2.47. The molecule has 2 aromatic carbocycles. The molecule has 0 atom stereocenters. The third-order valence-corrected chi connectivity index (χ3v) is 9.06. The minimum Gasteiger partial charge on any atom is -0.464 e. The Labute approximate surface area is 271 Å². The molecule has 0 amide bonds. The number of carbonyl (C=O) groups is 1. The molecule has 0 aliphatic carbocycles. The van der Waals surface area contributed by atoms with Gasteiger partial charge in [-0.3, -0.25) is 9.69 Å². The lowest BCUT2D eigenvalue weighted by molar-refractivity contribution is -0.144. The first-order chi connectivity index (χ1) is 19.8. The van der Waals surface area contributed by atoms with Gasteiger partial charge in [0, 0.05) is 55.5 Å². The zero-order valence-electron chi connectivity index (χ0n) is 25.0. The van der Waals surface area contributed by atoms with Crippen molar-refractivity contribution in [2.24, 2.45) is 0 Å². The number of carbonyl (C=O) groups excluding carboxylic acids is 1. The average Bonchev–Trinajstić information content (AvgIpc) is 2.96. The SMILES string of the molecule is CCCCCCCCCC(=O)OCCN1CCN(CC/C=C2/c3ccccc3Sc3ccc(C(F)(F)F)cc32)CC1.Cl.Cl. The van der Waals surface area contributed by atoms with E-state index in [1.165, 1.54) is 56.0 Å². The molecule has 2 aromatic rings. The van der Waals surface area contributed by atoms with E-state index in [-0.39, 0.29) is 30.8 Å². The van der Waals surface area contributed by atoms with Gasteiger partial charge in [-0.2, -0.15) is 13.2 Å². The molecule has 43 heavy (non-hydrogen) atoms. The molecule has 4 rings (SSSR count). The summed E-state index contributed by atoms with van der Waals surface area (Å²) < 4.78 is 45.9. The van der Waals surface area contributed by atoms with Crippen LogP contribution in [-0.4, -0.2) is 61.6 Å². The third kappa shape index (κ3) is 11.6. The molecule has 1 fully saturated rings. The summed E-state index contributed by atoms with van der Waals surface area (Å²) >= 11 is 1.53. The summed E-state index contributed by atoms with van der Waals surface area (Å²) in [7, 11) is 0. The van der Waals surface area contributed by atoms with Gasteiger partial charge in [-0.05, 0) is 53.8 Å². The van der Waals surface area contributed by atoms with Crippen LogP contribution in [0.15, 0.2) is 58.3 Å². The largest absolute Gasteiger partial charge is 0.464 e. The fraction of sp³-hybridized carbons (Fsp3) is 0.545. The van der Waals surface area contributed by atoms with Crippen LogP contribution in [0.25, 0.3) is 5.57 Å². The molecule has 0 aromatic heterocycles. The number of piperazine rings is 1. The lowest BCUT2D eigenvalue weighted by Crippen LogP contribution is -2.47. The summed E-state index contributed by atoms with van der Waals surface area (Å²) in [5, 5.41) is 0. The van der Waals surface area contributed by atoms with Crippen LogP contribution in [-0.2, 0) is 15.7 Å². The minimum atomic E-state index is -4.37. The fourth-order valence-electron chi connectivity index (χ4n) is 5.48. The molecule has 240 valence electrons.